The van der Waals surface area contributed by atoms with E-state index >= 15 is 0 Å². The molecule has 0 unspecified atom stereocenters. The molecule has 0 aliphatic heterocycles. The minimum absolute atomic E-state index is 0.436. The molecule has 0 spiro atoms. The molecule has 8 heterocycles. The number of nitrogens with zero attached hydrogens (tertiary/aromatic N) is 10. The number of rotatable bonds is 10. The van der Waals surface area contributed by atoms with Gasteiger partial charge in [-0.2, -0.15) is 11.3 Å². The van der Waals surface area contributed by atoms with Gasteiger partial charge in [-0.05, 0) is 134 Å². The minimum atomic E-state index is 0.436. The Balaban J connectivity index is 0.000000489. The highest BCUT2D eigenvalue weighted by Crippen LogP contribution is 2.29. The van der Waals surface area contributed by atoms with E-state index in [0.29, 0.717) is 53.3 Å². The van der Waals surface area contributed by atoms with Crippen molar-refractivity contribution in [3.05, 3.63) is 238 Å². The Morgan fingerprint density at radius 2 is 0.818 bits per heavy atom. The Labute approximate surface area is 543 Å². The summed E-state index contributed by atoms with van der Waals surface area (Å²) in [5, 5.41) is 6.44. The summed E-state index contributed by atoms with van der Waals surface area (Å²) in [6.07, 6.45) is 32.2. The molecular weight excluding hydrogens is 1120 g/mol. The van der Waals surface area contributed by atoms with Crippen molar-refractivity contribution in [3.8, 4) is 0 Å². The van der Waals surface area contributed by atoms with Crippen molar-refractivity contribution in [2.75, 3.05) is 0 Å². The molecule has 10 rings (SSSR count). The van der Waals surface area contributed by atoms with Crippen LogP contribution in [0.2, 0.25) is 0 Å². The quantitative estimate of drug-likeness (QED) is 0.130. The van der Waals surface area contributed by atoms with Crippen molar-refractivity contribution < 1.29 is 0 Å². The molecule has 1 fully saturated rings. The lowest BCUT2D eigenvalue weighted by molar-refractivity contribution is 0.279. The molecule has 1 saturated carbocycles. The summed E-state index contributed by atoms with van der Waals surface area (Å²) in [5.41, 5.74) is 8.63. The third kappa shape index (κ3) is 39.2. The van der Waals surface area contributed by atoms with E-state index < -0.39 is 0 Å². The predicted molar refractivity (Wildman–Crippen MR) is 380 cm³/mol. The lowest BCUT2D eigenvalue weighted by atomic mass is 9.82. The number of hydrogen-bond donors (Lipinski definition) is 0. The van der Waals surface area contributed by atoms with Crippen LogP contribution in [-0.2, 0) is 0 Å². The highest BCUT2D eigenvalue weighted by Gasteiger charge is 2.16. The summed E-state index contributed by atoms with van der Waals surface area (Å²) in [6, 6.07) is 28.9. The van der Waals surface area contributed by atoms with Gasteiger partial charge in [-0.3, -0.25) is 29.9 Å². The number of thiophene rings is 2. The summed E-state index contributed by atoms with van der Waals surface area (Å²) in [4.78, 5) is 41.7. The van der Waals surface area contributed by atoms with Crippen molar-refractivity contribution in [2.45, 2.75) is 224 Å². The van der Waals surface area contributed by atoms with Crippen molar-refractivity contribution in [1.82, 2.24) is 49.8 Å². The zero-order valence-corrected chi connectivity index (χ0v) is 59.2. The fourth-order valence-corrected chi connectivity index (χ4v) is 9.30. The van der Waals surface area contributed by atoms with Gasteiger partial charge in [0.2, 0.25) is 0 Å². The molecule has 478 valence electrons. The Hall–Kier alpha value is -6.76. The van der Waals surface area contributed by atoms with Crippen LogP contribution in [0.4, 0.5) is 0 Å². The van der Waals surface area contributed by atoms with Crippen molar-refractivity contribution in [1.29, 1.82) is 0 Å². The molecule has 1 aliphatic rings. The summed E-state index contributed by atoms with van der Waals surface area (Å²) in [7, 11) is 0. The van der Waals surface area contributed by atoms with Gasteiger partial charge >= 0.3 is 0 Å². The summed E-state index contributed by atoms with van der Waals surface area (Å²) >= 11 is 3.60. The topological polar surface area (TPSA) is 129 Å². The molecule has 1 aliphatic carbocycles. The van der Waals surface area contributed by atoms with E-state index in [0.717, 1.165) is 34.7 Å². The van der Waals surface area contributed by atoms with Crippen LogP contribution in [-0.4, -0.2) is 49.8 Å². The fraction of sp³-hybridized carbons (Fsp3) is 0.474. The van der Waals surface area contributed by atoms with E-state index in [-0.39, 0.29) is 0 Å². The molecule has 8 aromatic heterocycles. The van der Waals surface area contributed by atoms with E-state index in [4.69, 9.17) is 0 Å². The summed E-state index contributed by atoms with van der Waals surface area (Å²) in [6.45, 7) is 43.4. The molecule has 88 heavy (non-hydrogen) atoms. The summed E-state index contributed by atoms with van der Waals surface area (Å²) < 4.78 is 0. The SMILES string of the molecule is CC(C)C1CCCCC1.CC(C)c1ccccc1.CC(C)c1ccccn1.CC(C)c1cccnc1.CC(C)c1cccs1.CC(C)c1ccsc1.CC(C)c1cnccn1.CC(C)c1cnccn1.CC(C)c1cncnc1.CC(C)c1ncccn1. The second kappa shape index (κ2) is 49.2. The van der Waals surface area contributed by atoms with Gasteiger partial charge in [-0.25, -0.2) is 19.9 Å². The average molecular weight is 1230 g/mol. The Bertz CT molecular complexity index is 2400. The van der Waals surface area contributed by atoms with Gasteiger partial charge in [0.05, 0.1) is 11.4 Å². The second-order valence-electron chi connectivity index (χ2n) is 24.6. The van der Waals surface area contributed by atoms with Crippen LogP contribution in [0.25, 0.3) is 0 Å². The molecule has 0 amide bonds. The van der Waals surface area contributed by atoms with Crippen LogP contribution < -0.4 is 0 Å². The third-order valence-electron chi connectivity index (χ3n) is 13.7. The number of pyridine rings is 2. The number of benzene rings is 1. The Kier molecular flexibility index (Phi) is 44.3. The molecule has 9 aromatic rings. The van der Waals surface area contributed by atoms with E-state index in [9.17, 15) is 0 Å². The maximum absolute atomic E-state index is 4.18. The first-order valence-corrected chi connectivity index (χ1v) is 33.8. The molecule has 0 bridgehead atoms. The van der Waals surface area contributed by atoms with E-state index in [1.165, 1.54) is 59.2 Å². The number of hydrogen-bond acceptors (Lipinski definition) is 12. The van der Waals surface area contributed by atoms with E-state index in [1.807, 2.05) is 72.5 Å². The average Bonchev–Trinajstić information content (AvgIpc) is 4.33. The van der Waals surface area contributed by atoms with Gasteiger partial charge in [0, 0.05) is 97.0 Å². The Morgan fingerprint density at radius 3 is 1.10 bits per heavy atom. The largest absolute Gasteiger partial charge is 0.264 e. The Morgan fingerprint density at radius 1 is 0.330 bits per heavy atom. The molecule has 10 nitrogen and oxygen atoms in total. The van der Waals surface area contributed by atoms with Gasteiger partial charge in [-0.1, -0.05) is 219 Å². The lowest BCUT2D eigenvalue weighted by Gasteiger charge is -2.24. The highest BCUT2D eigenvalue weighted by molar-refractivity contribution is 7.10. The zero-order chi connectivity index (χ0) is 65.5. The molecule has 0 saturated heterocycles. The minimum Gasteiger partial charge on any atom is -0.264 e. The van der Waals surface area contributed by atoms with Crippen LogP contribution in [0.1, 0.15) is 274 Å². The third-order valence-corrected chi connectivity index (χ3v) is 15.6. The smallest absolute Gasteiger partial charge is 0.130 e. The lowest BCUT2D eigenvalue weighted by Crippen LogP contribution is -2.12. The van der Waals surface area contributed by atoms with Crippen LogP contribution in [0.15, 0.2) is 188 Å². The molecule has 0 radical (unpaired) electrons. The zero-order valence-electron chi connectivity index (χ0n) is 57.6. The maximum Gasteiger partial charge on any atom is 0.130 e. The highest BCUT2D eigenvalue weighted by atomic mass is 32.1. The van der Waals surface area contributed by atoms with Gasteiger partial charge in [0.25, 0.3) is 0 Å². The number of aromatic nitrogens is 10. The second-order valence-corrected chi connectivity index (χ2v) is 26.4. The van der Waals surface area contributed by atoms with Gasteiger partial charge < -0.3 is 0 Å². The van der Waals surface area contributed by atoms with Crippen LogP contribution in [0.3, 0.4) is 0 Å². The van der Waals surface area contributed by atoms with Crippen molar-refractivity contribution in [2.24, 2.45) is 11.8 Å². The first-order chi connectivity index (χ1) is 42.0. The monoisotopic (exact) mass is 1230 g/mol. The van der Waals surface area contributed by atoms with Crippen LogP contribution in [0.5, 0.6) is 0 Å². The van der Waals surface area contributed by atoms with Crippen LogP contribution >= 0.6 is 22.7 Å². The fourth-order valence-electron chi connectivity index (χ4n) is 7.73. The van der Waals surface area contributed by atoms with Gasteiger partial charge in [-0.15, -0.1) is 11.3 Å². The predicted octanol–water partition coefficient (Wildman–Crippen LogP) is 22.6. The van der Waals surface area contributed by atoms with E-state index in [1.54, 1.807) is 73.4 Å². The van der Waals surface area contributed by atoms with Gasteiger partial charge in [0.1, 0.15) is 12.2 Å². The maximum atomic E-state index is 4.18. The van der Waals surface area contributed by atoms with Crippen LogP contribution in [0, 0.1) is 11.8 Å². The van der Waals surface area contributed by atoms with Crippen molar-refractivity contribution in [3.63, 3.8) is 0 Å². The van der Waals surface area contributed by atoms with Gasteiger partial charge in [0.15, 0.2) is 0 Å². The summed E-state index contributed by atoms with van der Waals surface area (Å²) in [5.74, 6) is 8.05. The first-order valence-electron chi connectivity index (χ1n) is 32.0. The molecule has 12 heteroatoms. The first kappa shape index (κ1) is 79.3. The van der Waals surface area contributed by atoms with Crippen molar-refractivity contribution >= 4 is 22.7 Å². The molecule has 0 atom stereocenters. The van der Waals surface area contributed by atoms with E-state index in [2.05, 4.69) is 253 Å². The molecule has 1 aromatic carbocycles. The standard InChI is InChI=1S/C9H18.C9H12.2C8H11N.4C7H10N2.2C7H10S/c2*1-8(2)9-6-4-3-5-7-9;1-7(2)8-4-3-5-9-6-8;1-7(2)8-5-3-4-6-9-8;1-6(2)7-3-8-5-9-4-7;2*1-6(2)7-5-8-3-4-9-7;1-6(2)7-8-4-3-5-9-7;1-6(2)7-3-4-8-5-7;1-6(2)7-4-3-5-8-7/h8-9H,3-7H2,1-2H3;3-8H,1-2H3;2*3-7H,1-2H3;4*3-6H,1-2H3;2*3-6H,1-2H3. The normalized spacial score (nSPS) is 11.5. The molecule has 0 N–H and O–H groups in total. The molecular formula is C76H112N10S2.